The van der Waals surface area contributed by atoms with E-state index in [4.69, 9.17) is 5.26 Å². The highest BCUT2D eigenvalue weighted by atomic mass is 15.1. The van der Waals surface area contributed by atoms with E-state index in [1.165, 1.54) is 6.20 Å². The lowest BCUT2D eigenvalue weighted by atomic mass is 10.4. The molecule has 0 aromatic carbocycles. The molecule has 0 fully saturated rings. The summed E-state index contributed by atoms with van der Waals surface area (Å²) in [5.74, 6) is 1.61. The SMILES string of the molecule is CCc1nccn1-c1cnc(C#N)cn1. The van der Waals surface area contributed by atoms with Gasteiger partial charge in [0.2, 0.25) is 0 Å². The fourth-order valence-corrected chi connectivity index (χ4v) is 1.31. The van der Waals surface area contributed by atoms with Gasteiger partial charge in [0, 0.05) is 18.8 Å². The summed E-state index contributed by atoms with van der Waals surface area (Å²) in [6.45, 7) is 2.02. The predicted octanol–water partition coefficient (Wildman–Crippen LogP) is 1.10. The number of aryl methyl sites for hydroxylation is 1. The van der Waals surface area contributed by atoms with E-state index >= 15 is 0 Å². The molecular formula is C10H9N5. The first-order chi connectivity index (χ1) is 7.35. The third kappa shape index (κ3) is 1.70. The molecule has 0 aliphatic carbocycles. The fraction of sp³-hybridized carbons (Fsp3) is 0.200. The molecule has 0 unspecified atom stereocenters. The van der Waals surface area contributed by atoms with E-state index in [-0.39, 0.29) is 0 Å². The van der Waals surface area contributed by atoms with Gasteiger partial charge in [-0.05, 0) is 0 Å². The van der Waals surface area contributed by atoms with Gasteiger partial charge in [0.1, 0.15) is 11.9 Å². The maximum Gasteiger partial charge on any atom is 0.158 e. The summed E-state index contributed by atoms with van der Waals surface area (Å²) < 4.78 is 1.86. The van der Waals surface area contributed by atoms with Crippen LogP contribution in [0.3, 0.4) is 0 Å². The third-order valence-corrected chi connectivity index (χ3v) is 2.03. The van der Waals surface area contributed by atoms with Crippen molar-refractivity contribution in [2.45, 2.75) is 13.3 Å². The minimum Gasteiger partial charge on any atom is -0.287 e. The van der Waals surface area contributed by atoms with Gasteiger partial charge < -0.3 is 0 Å². The molecule has 0 aliphatic rings. The minimum atomic E-state index is 0.317. The van der Waals surface area contributed by atoms with Crippen molar-refractivity contribution < 1.29 is 0 Å². The van der Waals surface area contributed by atoms with Gasteiger partial charge >= 0.3 is 0 Å². The van der Waals surface area contributed by atoms with E-state index in [1.807, 2.05) is 23.8 Å². The molecule has 0 bridgehead atoms. The molecule has 0 atom stereocenters. The monoisotopic (exact) mass is 199 g/mol. The molecule has 2 aromatic rings. The van der Waals surface area contributed by atoms with Gasteiger partial charge in [-0.1, -0.05) is 6.92 Å². The molecule has 5 nitrogen and oxygen atoms in total. The van der Waals surface area contributed by atoms with Crippen LogP contribution in [-0.4, -0.2) is 19.5 Å². The molecule has 5 heteroatoms. The fourth-order valence-electron chi connectivity index (χ4n) is 1.31. The Morgan fingerprint density at radius 3 is 2.80 bits per heavy atom. The first kappa shape index (κ1) is 9.34. The maximum atomic E-state index is 8.59. The Morgan fingerprint density at radius 1 is 1.33 bits per heavy atom. The zero-order valence-corrected chi connectivity index (χ0v) is 8.25. The summed E-state index contributed by atoms with van der Waals surface area (Å²) in [6.07, 6.45) is 7.40. The van der Waals surface area contributed by atoms with E-state index in [0.717, 1.165) is 12.2 Å². The van der Waals surface area contributed by atoms with Crippen molar-refractivity contribution in [2.75, 3.05) is 0 Å². The Hall–Kier alpha value is -2.22. The van der Waals surface area contributed by atoms with Crippen molar-refractivity contribution in [1.29, 1.82) is 5.26 Å². The Labute approximate surface area is 87.1 Å². The molecule has 2 rings (SSSR count). The van der Waals surface area contributed by atoms with Crippen LogP contribution in [0.25, 0.3) is 5.82 Å². The van der Waals surface area contributed by atoms with Crippen LogP contribution in [0.1, 0.15) is 18.4 Å². The molecule has 0 aliphatic heterocycles. The molecule has 0 radical (unpaired) electrons. The molecule has 0 spiro atoms. The van der Waals surface area contributed by atoms with E-state index in [9.17, 15) is 0 Å². The van der Waals surface area contributed by atoms with Gasteiger partial charge in [-0.3, -0.25) is 4.57 Å². The second kappa shape index (κ2) is 3.88. The zero-order chi connectivity index (χ0) is 10.7. The molecule has 2 aromatic heterocycles. The molecular weight excluding hydrogens is 190 g/mol. The highest BCUT2D eigenvalue weighted by molar-refractivity contribution is 5.25. The average Bonchev–Trinajstić information content (AvgIpc) is 2.77. The molecule has 0 amide bonds. The van der Waals surface area contributed by atoms with Crippen molar-refractivity contribution in [1.82, 2.24) is 19.5 Å². The lowest BCUT2D eigenvalue weighted by Gasteiger charge is -2.03. The summed E-state index contributed by atoms with van der Waals surface area (Å²) in [7, 11) is 0. The Kier molecular flexibility index (Phi) is 2.42. The molecule has 74 valence electrons. The lowest BCUT2D eigenvalue weighted by molar-refractivity contribution is 0.858. The second-order valence-electron chi connectivity index (χ2n) is 2.94. The van der Waals surface area contributed by atoms with Crippen molar-refractivity contribution in [2.24, 2.45) is 0 Å². The van der Waals surface area contributed by atoms with Gasteiger partial charge in [0.05, 0.1) is 12.4 Å². The van der Waals surface area contributed by atoms with Gasteiger partial charge in [-0.15, -0.1) is 0 Å². The number of hydrogen-bond acceptors (Lipinski definition) is 4. The summed E-state index contributed by atoms with van der Waals surface area (Å²) in [4.78, 5) is 12.3. The van der Waals surface area contributed by atoms with Gasteiger partial charge in [-0.25, -0.2) is 15.0 Å². The van der Waals surface area contributed by atoms with E-state index < -0.39 is 0 Å². The Balaban J connectivity index is 2.42. The van der Waals surface area contributed by atoms with Crippen molar-refractivity contribution in [3.63, 3.8) is 0 Å². The number of nitriles is 1. The normalized spacial score (nSPS) is 9.87. The molecule has 0 saturated carbocycles. The molecule has 15 heavy (non-hydrogen) atoms. The van der Waals surface area contributed by atoms with Crippen LogP contribution < -0.4 is 0 Å². The first-order valence-electron chi connectivity index (χ1n) is 4.60. The highest BCUT2D eigenvalue weighted by Crippen LogP contribution is 2.06. The summed E-state index contributed by atoms with van der Waals surface area (Å²) in [5, 5.41) is 8.59. The number of imidazole rings is 1. The van der Waals surface area contributed by atoms with Crippen LogP contribution in [0.2, 0.25) is 0 Å². The number of aromatic nitrogens is 4. The van der Waals surface area contributed by atoms with Crippen LogP contribution in [0.4, 0.5) is 0 Å². The average molecular weight is 199 g/mol. The van der Waals surface area contributed by atoms with Crippen molar-refractivity contribution >= 4 is 0 Å². The first-order valence-corrected chi connectivity index (χ1v) is 4.60. The lowest BCUT2D eigenvalue weighted by Crippen LogP contribution is -2.02. The number of hydrogen-bond donors (Lipinski definition) is 0. The van der Waals surface area contributed by atoms with Crippen LogP contribution >= 0.6 is 0 Å². The molecule has 0 N–H and O–H groups in total. The van der Waals surface area contributed by atoms with Crippen LogP contribution in [0.15, 0.2) is 24.8 Å². The Bertz CT molecular complexity index is 491. The maximum absolute atomic E-state index is 8.59. The van der Waals surface area contributed by atoms with Crippen LogP contribution in [0.5, 0.6) is 0 Å². The van der Waals surface area contributed by atoms with E-state index in [1.54, 1.807) is 12.4 Å². The van der Waals surface area contributed by atoms with E-state index in [0.29, 0.717) is 11.5 Å². The second-order valence-corrected chi connectivity index (χ2v) is 2.94. The summed E-state index contributed by atoms with van der Waals surface area (Å²) in [6, 6.07) is 1.93. The number of rotatable bonds is 2. The van der Waals surface area contributed by atoms with Crippen molar-refractivity contribution in [3.05, 3.63) is 36.3 Å². The van der Waals surface area contributed by atoms with E-state index in [2.05, 4.69) is 15.0 Å². The van der Waals surface area contributed by atoms with Crippen molar-refractivity contribution in [3.8, 4) is 11.9 Å². The standard InChI is InChI=1S/C10H9N5/c1-2-9-12-3-4-15(9)10-7-13-8(5-11)6-14-10/h3-4,6-7H,2H2,1H3. The summed E-state index contributed by atoms with van der Waals surface area (Å²) in [5.41, 5.74) is 0.317. The minimum absolute atomic E-state index is 0.317. The van der Waals surface area contributed by atoms with Gasteiger partial charge in [0.15, 0.2) is 11.5 Å². The predicted molar refractivity (Wildman–Crippen MR) is 53.2 cm³/mol. The highest BCUT2D eigenvalue weighted by Gasteiger charge is 2.04. The topological polar surface area (TPSA) is 67.4 Å². The molecule has 2 heterocycles. The van der Waals surface area contributed by atoms with Crippen LogP contribution in [0, 0.1) is 11.3 Å². The third-order valence-electron chi connectivity index (χ3n) is 2.03. The Morgan fingerprint density at radius 2 is 2.20 bits per heavy atom. The quantitative estimate of drug-likeness (QED) is 0.726. The van der Waals surface area contributed by atoms with Crippen LogP contribution in [-0.2, 0) is 6.42 Å². The largest absolute Gasteiger partial charge is 0.287 e. The van der Waals surface area contributed by atoms with Gasteiger partial charge in [0.25, 0.3) is 0 Å². The smallest absolute Gasteiger partial charge is 0.158 e. The molecule has 0 saturated heterocycles. The zero-order valence-electron chi connectivity index (χ0n) is 8.25. The number of nitrogens with zero attached hydrogens (tertiary/aromatic N) is 5. The summed E-state index contributed by atoms with van der Waals surface area (Å²) >= 11 is 0. The van der Waals surface area contributed by atoms with Gasteiger partial charge in [-0.2, -0.15) is 5.26 Å².